The van der Waals surface area contributed by atoms with Crippen LogP contribution in [0.5, 0.6) is 0 Å². The van der Waals surface area contributed by atoms with Crippen molar-refractivity contribution in [3.63, 3.8) is 0 Å². The second-order valence-corrected chi connectivity index (χ2v) is 6.11. The lowest BCUT2D eigenvalue weighted by Crippen LogP contribution is -2.37. The van der Waals surface area contributed by atoms with Crippen molar-refractivity contribution >= 4 is 22.4 Å². The number of hydrogen-bond acceptors (Lipinski definition) is 4. The molecule has 1 saturated heterocycles. The largest absolute Gasteiger partial charge is 0.383 e. The van der Waals surface area contributed by atoms with Crippen LogP contribution in [-0.2, 0) is 11.2 Å². The molecular formula is C20H21N3O. The Bertz CT molecular complexity index is 842. The molecule has 2 N–H and O–H groups in total. The molecule has 4 rings (SSSR count). The van der Waals surface area contributed by atoms with Gasteiger partial charge in [-0.3, -0.25) is 0 Å². The van der Waals surface area contributed by atoms with Crippen LogP contribution >= 0.6 is 0 Å². The van der Waals surface area contributed by atoms with Gasteiger partial charge in [0, 0.05) is 30.5 Å². The molecule has 0 bridgehead atoms. The lowest BCUT2D eigenvalue weighted by atomic mass is 9.99. The second kappa shape index (κ2) is 6.49. The monoisotopic (exact) mass is 319 g/mol. The van der Waals surface area contributed by atoms with Gasteiger partial charge in [0.15, 0.2) is 0 Å². The van der Waals surface area contributed by atoms with Crippen molar-refractivity contribution in [3.8, 4) is 0 Å². The molecule has 2 heterocycles. The van der Waals surface area contributed by atoms with Gasteiger partial charge in [0.25, 0.3) is 0 Å². The van der Waals surface area contributed by atoms with Crippen molar-refractivity contribution in [2.75, 3.05) is 36.9 Å². The summed E-state index contributed by atoms with van der Waals surface area (Å²) in [4.78, 5) is 7.04. The Hall–Kier alpha value is -2.59. The fourth-order valence-corrected chi connectivity index (χ4v) is 3.32. The third-order valence-electron chi connectivity index (χ3n) is 4.56. The van der Waals surface area contributed by atoms with Gasteiger partial charge in [-0.2, -0.15) is 0 Å². The lowest BCUT2D eigenvalue weighted by Gasteiger charge is -2.29. The fourth-order valence-electron chi connectivity index (χ4n) is 3.32. The average Bonchev–Trinajstić information content (AvgIpc) is 2.65. The van der Waals surface area contributed by atoms with Gasteiger partial charge in [0.1, 0.15) is 11.6 Å². The predicted octanol–water partition coefficient (Wildman–Crippen LogP) is 3.24. The second-order valence-electron chi connectivity index (χ2n) is 6.11. The van der Waals surface area contributed by atoms with E-state index in [9.17, 15) is 0 Å². The van der Waals surface area contributed by atoms with Crippen LogP contribution in [-0.4, -0.2) is 31.3 Å². The Kier molecular flexibility index (Phi) is 4.05. The summed E-state index contributed by atoms with van der Waals surface area (Å²) < 4.78 is 5.47. The van der Waals surface area contributed by atoms with Gasteiger partial charge in [0.05, 0.1) is 13.2 Å². The number of anilines is 2. The van der Waals surface area contributed by atoms with E-state index in [1.165, 1.54) is 16.3 Å². The molecule has 2 aromatic carbocycles. The van der Waals surface area contributed by atoms with Crippen LogP contribution < -0.4 is 10.6 Å². The van der Waals surface area contributed by atoms with Gasteiger partial charge in [0.2, 0.25) is 0 Å². The van der Waals surface area contributed by atoms with E-state index in [2.05, 4.69) is 53.4 Å². The van der Waals surface area contributed by atoms with Crippen LogP contribution in [0.4, 0.5) is 11.6 Å². The Morgan fingerprint density at radius 2 is 1.58 bits per heavy atom. The number of nitrogens with two attached hydrogens (primary N) is 1. The van der Waals surface area contributed by atoms with Crippen LogP contribution in [0.2, 0.25) is 0 Å². The lowest BCUT2D eigenvalue weighted by molar-refractivity contribution is 0.122. The smallest absolute Gasteiger partial charge is 0.139 e. The minimum Gasteiger partial charge on any atom is -0.383 e. The van der Waals surface area contributed by atoms with Crippen molar-refractivity contribution in [1.29, 1.82) is 0 Å². The molecule has 4 heteroatoms. The number of fused-ring (bicyclic) bond motifs is 1. The topological polar surface area (TPSA) is 51.4 Å². The minimum atomic E-state index is 0.624. The standard InChI is InChI=1S/C20H21N3O/c21-19-18(14-15-6-2-1-3-7-15)16-8-4-5-9-17(16)20(22-19)23-10-12-24-13-11-23/h1-9H,10-14H2,(H2,21,22). The van der Waals surface area contributed by atoms with E-state index in [1.54, 1.807) is 0 Å². The molecule has 122 valence electrons. The first-order chi connectivity index (χ1) is 11.8. The SMILES string of the molecule is Nc1nc(N2CCOCC2)c2ccccc2c1Cc1ccccc1. The van der Waals surface area contributed by atoms with Gasteiger partial charge >= 0.3 is 0 Å². The highest BCUT2D eigenvalue weighted by Gasteiger charge is 2.18. The van der Waals surface area contributed by atoms with Gasteiger partial charge in [-0.1, -0.05) is 54.6 Å². The molecule has 24 heavy (non-hydrogen) atoms. The summed E-state index contributed by atoms with van der Waals surface area (Å²) in [6, 6.07) is 18.8. The van der Waals surface area contributed by atoms with Crippen molar-refractivity contribution in [2.24, 2.45) is 0 Å². The molecule has 3 aromatic rings. The molecule has 0 atom stereocenters. The highest BCUT2D eigenvalue weighted by Crippen LogP contribution is 2.32. The molecule has 1 fully saturated rings. The van der Waals surface area contributed by atoms with E-state index in [0.29, 0.717) is 5.82 Å². The summed E-state index contributed by atoms with van der Waals surface area (Å²) in [6.07, 6.45) is 0.795. The Balaban J connectivity index is 1.82. The number of pyridine rings is 1. The van der Waals surface area contributed by atoms with Gasteiger partial charge < -0.3 is 15.4 Å². The third kappa shape index (κ3) is 2.81. The zero-order chi connectivity index (χ0) is 16.4. The van der Waals surface area contributed by atoms with E-state index < -0.39 is 0 Å². The van der Waals surface area contributed by atoms with Crippen LogP contribution in [0.3, 0.4) is 0 Å². The third-order valence-corrected chi connectivity index (χ3v) is 4.56. The number of morpholine rings is 1. The Labute approximate surface area is 141 Å². The van der Waals surface area contributed by atoms with Crippen molar-refractivity contribution < 1.29 is 4.74 Å². The molecule has 0 unspecified atom stereocenters. The summed E-state index contributed by atoms with van der Waals surface area (Å²) in [5.74, 6) is 1.60. The van der Waals surface area contributed by atoms with Crippen LogP contribution in [0.15, 0.2) is 54.6 Å². The van der Waals surface area contributed by atoms with E-state index >= 15 is 0 Å². The van der Waals surface area contributed by atoms with E-state index in [1.807, 2.05) is 6.07 Å². The predicted molar refractivity (Wildman–Crippen MR) is 98.4 cm³/mol. The maximum atomic E-state index is 6.37. The van der Waals surface area contributed by atoms with E-state index in [0.717, 1.165) is 44.1 Å². The Morgan fingerprint density at radius 1 is 0.917 bits per heavy atom. The first-order valence-electron chi connectivity index (χ1n) is 8.36. The van der Waals surface area contributed by atoms with Crippen molar-refractivity contribution in [3.05, 3.63) is 65.7 Å². The maximum absolute atomic E-state index is 6.37. The number of benzene rings is 2. The molecule has 0 radical (unpaired) electrons. The molecule has 1 aliphatic rings. The zero-order valence-corrected chi connectivity index (χ0v) is 13.6. The summed E-state index contributed by atoms with van der Waals surface area (Å²) in [5, 5.41) is 2.36. The van der Waals surface area contributed by atoms with E-state index in [4.69, 9.17) is 15.5 Å². The number of aromatic nitrogens is 1. The number of nitrogens with zero attached hydrogens (tertiary/aromatic N) is 2. The summed E-state index contributed by atoms with van der Waals surface area (Å²) in [7, 11) is 0. The molecule has 0 spiro atoms. The Morgan fingerprint density at radius 3 is 2.33 bits per heavy atom. The quantitative estimate of drug-likeness (QED) is 0.805. The van der Waals surface area contributed by atoms with E-state index in [-0.39, 0.29) is 0 Å². The van der Waals surface area contributed by atoms with Gasteiger partial charge in [-0.15, -0.1) is 0 Å². The maximum Gasteiger partial charge on any atom is 0.139 e. The van der Waals surface area contributed by atoms with Crippen LogP contribution in [0.1, 0.15) is 11.1 Å². The molecule has 1 aliphatic heterocycles. The molecule has 0 amide bonds. The fraction of sp³-hybridized carbons (Fsp3) is 0.250. The highest BCUT2D eigenvalue weighted by atomic mass is 16.5. The minimum absolute atomic E-state index is 0.624. The molecule has 0 aliphatic carbocycles. The zero-order valence-electron chi connectivity index (χ0n) is 13.6. The molecular weight excluding hydrogens is 298 g/mol. The number of ether oxygens (including phenoxy) is 1. The average molecular weight is 319 g/mol. The normalized spacial score (nSPS) is 14.9. The van der Waals surface area contributed by atoms with Crippen molar-refractivity contribution in [1.82, 2.24) is 4.98 Å². The number of rotatable bonds is 3. The van der Waals surface area contributed by atoms with Gasteiger partial charge in [-0.05, 0) is 10.9 Å². The molecule has 0 saturated carbocycles. The summed E-state index contributed by atoms with van der Waals surface area (Å²) in [5.41, 5.74) is 8.72. The summed E-state index contributed by atoms with van der Waals surface area (Å²) in [6.45, 7) is 3.19. The molecule has 1 aromatic heterocycles. The van der Waals surface area contributed by atoms with Gasteiger partial charge in [-0.25, -0.2) is 4.98 Å². The number of hydrogen-bond donors (Lipinski definition) is 1. The van der Waals surface area contributed by atoms with Crippen LogP contribution in [0.25, 0.3) is 10.8 Å². The first kappa shape index (κ1) is 15.0. The van der Waals surface area contributed by atoms with Crippen LogP contribution in [0, 0.1) is 0 Å². The first-order valence-corrected chi connectivity index (χ1v) is 8.36. The highest BCUT2D eigenvalue weighted by molar-refractivity contribution is 5.97. The molecule has 4 nitrogen and oxygen atoms in total. The van der Waals surface area contributed by atoms with Crippen molar-refractivity contribution in [2.45, 2.75) is 6.42 Å². The number of nitrogen functional groups attached to an aromatic ring is 1. The summed E-state index contributed by atoms with van der Waals surface area (Å²) >= 11 is 0.